The Hall–Kier alpha value is -1.80. The maximum absolute atomic E-state index is 9.59. The number of hydrogen-bond donors (Lipinski definition) is 2. The van der Waals surface area contributed by atoms with Crippen LogP contribution in [0.2, 0.25) is 0 Å². The molecule has 0 fully saturated rings. The molecular formula is C19H21NO. The minimum absolute atomic E-state index is 0.390. The first-order chi connectivity index (χ1) is 10.3. The molecule has 0 saturated heterocycles. The number of rotatable bonds is 2. The highest BCUT2D eigenvalue weighted by Gasteiger charge is 2.26. The van der Waals surface area contributed by atoms with Crippen molar-refractivity contribution in [3.05, 3.63) is 64.7 Å². The summed E-state index contributed by atoms with van der Waals surface area (Å²) < 4.78 is 0. The molecular weight excluding hydrogens is 258 g/mol. The molecule has 4 rings (SSSR count). The second kappa shape index (κ2) is 5.19. The van der Waals surface area contributed by atoms with Crippen LogP contribution >= 0.6 is 0 Å². The van der Waals surface area contributed by atoms with Gasteiger partial charge in [-0.05, 0) is 66.5 Å². The Bertz CT molecular complexity index is 664. The molecule has 2 aromatic rings. The van der Waals surface area contributed by atoms with Crippen LogP contribution in [0.15, 0.2) is 42.5 Å². The molecule has 2 aliphatic rings. The van der Waals surface area contributed by atoms with Crippen molar-refractivity contribution >= 4 is 0 Å². The second-order valence-electron chi connectivity index (χ2n) is 6.35. The Labute approximate surface area is 125 Å². The van der Waals surface area contributed by atoms with E-state index in [-0.39, 0.29) is 0 Å². The molecule has 2 atom stereocenters. The minimum Gasteiger partial charge on any atom is -0.508 e. The van der Waals surface area contributed by atoms with E-state index in [0.717, 1.165) is 19.3 Å². The fraction of sp³-hybridized carbons (Fsp3) is 0.368. The zero-order valence-corrected chi connectivity index (χ0v) is 12.2. The minimum atomic E-state index is 0.390. The molecule has 2 N–H and O–H groups in total. The maximum atomic E-state index is 9.59. The predicted octanol–water partition coefficient (Wildman–Crippen LogP) is 3.53. The van der Waals surface area contributed by atoms with Gasteiger partial charge in [0.25, 0.3) is 0 Å². The molecule has 2 aromatic carbocycles. The molecule has 0 radical (unpaired) electrons. The maximum Gasteiger partial charge on any atom is 0.115 e. The summed E-state index contributed by atoms with van der Waals surface area (Å²) in [6.07, 6.45) is 5.77. The van der Waals surface area contributed by atoms with E-state index in [9.17, 15) is 5.11 Å². The van der Waals surface area contributed by atoms with Crippen molar-refractivity contribution in [1.29, 1.82) is 0 Å². The highest BCUT2D eigenvalue weighted by atomic mass is 16.3. The summed E-state index contributed by atoms with van der Waals surface area (Å²) in [6, 6.07) is 15.7. The van der Waals surface area contributed by atoms with Crippen molar-refractivity contribution in [2.75, 3.05) is 0 Å². The van der Waals surface area contributed by atoms with Gasteiger partial charge in [0.05, 0.1) is 0 Å². The van der Waals surface area contributed by atoms with E-state index < -0.39 is 0 Å². The zero-order valence-electron chi connectivity index (χ0n) is 12.2. The topological polar surface area (TPSA) is 32.3 Å². The van der Waals surface area contributed by atoms with E-state index >= 15 is 0 Å². The normalized spacial score (nSPS) is 23.6. The van der Waals surface area contributed by atoms with Crippen molar-refractivity contribution < 1.29 is 5.11 Å². The Balaban J connectivity index is 1.49. The quantitative estimate of drug-likeness (QED) is 0.881. The first kappa shape index (κ1) is 12.9. The van der Waals surface area contributed by atoms with Gasteiger partial charge >= 0.3 is 0 Å². The van der Waals surface area contributed by atoms with E-state index in [1.807, 2.05) is 12.1 Å². The van der Waals surface area contributed by atoms with Crippen LogP contribution in [0.4, 0.5) is 0 Å². The van der Waals surface area contributed by atoms with Crippen LogP contribution in [0.1, 0.15) is 41.1 Å². The number of phenols is 1. The fourth-order valence-corrected chi connectivity index (χ4v) is 3.90. The van der Waals surface area contributed by atoms with Crippen LogP contribution in [-0.4, -0.2) is 11.1 Å². The molecule has 0 aliphatic heterocycles. The van der Waals surface area contributed by atoms with Crippen molar-refractivity contribution in [2.45, 2.75) is 44.2 Å². The van der Waals surface area contributed by atoms with Crippen LogP contribution in [0.5, 0.6) is 5.75 Å². The van der Waals surface area contributed by atoms with Crippen molar-refractivity contribution in [3.63, 3.8) is 0 Å². The van der Waals surface area contributed by atoms with Gasteiger partial charge in [0.2, 0.25) is 0 Å². The molecule has 0 aromatic heterocycles. The summed E-state index contributed by atoms with van der Waals surface area (Å²) in [7, 11) is 0. The summed E-state index contributed by atoms with van der Waals surface area (Å²) in [4.78, 5) is 0. The number of benzene rings is 2. The summed E-state index contributed by atoms with van der Waals surface area (Å²) in [5.41, 5.74) is 5.72. The summed E-state index contributed by atoms with van der Waals surface area (Å²) in [5.74, 6) is 0.390. The Morgan fingerprint density at radius 1 is 0.905 bits per heavy atom. The van der Waals surface area contributed by atoms with Gasteiger partial charge in [0, 0.05) is 12.1 Å². The van der Waals surface area contributed by atoms with E-state index in [2.05, 4.69) is 35.6 Å². The lowest BCUT2D eigenvalue weighted by molar-refractivity contribution is 0.397. The van der Waals surface area contributed by atoms with Gasteiger partial charge in [-0.2, -0.15) is 0 Å². The van der Waals surface area contributed by atoms with E-state index in [0.29, 0.717) is 17.8 Å². The van der Waals surface area contributed by atoms with Crippen LogP contribution in [0.3, 0.4) is 0 Å². The number of hydrogen-bond acceptors (Lipinski definition) is 2. The van der Waals surface area contributed by atoms with Gasteiger partial charge in [-0.1, -0.05) is 30.3 Å². The summed E-state index contributed by atoms with van der Waals surface area (Å²) >= 11 is 0. The SMILES string of the molecule is Oc1ccc2c(c1)CCC2NC1CCc2ccccc2C1. The molecule has 0 amide bonds. The smallest absolute Gasteiger partial charge is 0.115 e. The predicted molar refractivity (Wildman–Crippen MR) is 84.6 cm³/mol. The first-order valence-electron chi connectivity index (χ1n) is 7.94. The number of aryl methyl sites for hydroxylation is 2. The number of aromatic hydroxyl groups is 1. The highest BCUT2D eigenvalue weighted by Crippen LogP contribution is 2.34. The van der Waals surface area contributed by atoms with E-state index in [1.165, 1.54) is 35.1 Å². The average Bonchev–Trinajstić information content (AvgIpc) is 2.89. The average molecular weight is 279 g/mol. The van der Waals surface area contributed by atoms with Crippen LogP contribution < -0.4 is 5.32 Å². The summed E-state index contributed by atoms with van der Waals surface area (Å²) in [5, 5.41) is 13.4. The van der Waals surface area contributed by atoms with Crippen LogP contribution in [0.25, 0.3) is 0 Å². The highest BCUT2D eigenvalue weighted by molar-refractivity contribution is 5.40. The standard InChI is InChI=1S/C19H21NO/c21-17-8-9-18-15(12-17)6-10-19(18)20-16-7-5-13-3-1-2-4-14(13)11-16/h1-4,8-9,12,16,19-21H,5-7,10-11H2. The lowest BCUT2D eigenvalue weighted by Gasteiger charge is -2.28. The van der Waals surface area contributed by atoms with Gasteiger partial charge in [-0.15, -0.1) is 0 Å². The van der Waals surface area contributed by atoms with E-state index in [4.69, 9.17) is 0 Å². The second-order valence-corrected chi connectivity index (χ2v) is 6.35. The third-order valence-electron chi connectivity index (χ3n) is 4.99. The van der Waals surface area contributed by atoms with Gasteiger partial charge in [0.15, 0.2) is 0 Å². The van der Waals surface area contributed by atoms with Crippen LogP contribution in [-0.2, 0) is 19.3 Å². The third kappa shape index (κ3) is 2.44. The van der Waals surface area contributed by atoms with Gasteiger partial charge in [-0.3, -0.25) is 0 Å². The van der Waals surface area contributed by atoms with Crippen molar-refractivity contribution in [2.24, 2.45) is 0 Å². The van der Waals surface area contributed by atoms with Gasteiger partial charge in [-0.25, -0.2) is 0 Å². The molecule has 2 unspecified atom stereocenters. The zero-order chi connectivity index (χ0) is 14.2. The van der Waals surface area contributed by atoms with E-state index in [1.54, 1.807) is 0 Å². The molecule has 2 aliphatic carbocycles. The molecule has 0 spiro atoms. The number of phenolic OH excluding ortho intramolecular Hbond substituents is 1. The molecule has 108 valence electrons. The molecule has 0 saturated carbocycles. The Morgan fingerprint density at radius 3 is 2.62 bits per heavy atom. The number of nitrogens with one attached hydrogen (secondary N) is 1. The third-order valence-corrected chi connectivity index (χ3v) is 4.99. The first-order valence-corrected chi connectivity index (χ1v) is 7.94. The molecule has 2 nitrogen and oxygen atoms in total. The van der Waals surface area contributed by atoms with Crippen LogP contribution in [0, 0.1) is 0 Å². The Morgan fingerprint density at radius 2 is 1.71 bits per heavy atom. The lowest BCUT2D eigenvalue weighted by Crippen LogP contribution is -2.36. The van der Waals surface area contributed by atoms with Gasteiger partial charge < -0.3 is 10.4 Å². The molecule has 21 heavy (non-hydrogen) atoms. The van der Waals surface area contributed by atoms with Gasteiger partial charge in [0.1, 0.15) is 5.75 Å². The molecule has 0 bridgehead atoms. The molecule has 2 heteroatoms. The Kier molecular flexibility index (Phi) is 3.19. The fourth-order valence-electron chi connectivity index (χ4n) is 3.90. The largest absolute Gasteiger partial charge is 0.508 e. The summed E-state index contributed by atoms with van der Waals surface area (Å²) in [6.45, 7) is 0. The number of fused-ring (bicyclic) bond motifs is 2. The van der Waals surface area contributed by atoms with Crippen molar-refractivity contribution in [1.82, 2.24) is 5.32 Å². The lowest BCUT2D eigenvalue weighted by atomic mass is 9.88. The molecule has 0 heterocycles. The monoisotopic (exact) mass is 279 g/mol. The van der Waals surface area contributed by atoms with Crippen molar-refractivity contribution in [3.8, 4) is 5.75 Å².